The molecule has 0 saturated heterocycles. The SMILES string of the molecule is C=C1[C@@](C)(C(=O)OC)SC(N)=N[C@]1(C)c1cc(/C=C(\F)c2ccc(Br)cn2)ccc1F. The second-order valence-electron chi connectivity index (χ2n) is 7.22. The van der Waals surface area contributed by atoms with Gasteiger partial charge in [0.25, 0.3) is 0 Å². The second kappa shape index (κ2) is 8.55. The summed E-state index contributed by atoms with van der Waals surface area (Å²) in [5, 5.41) is 0.0911. The number of benzene rings is 1. The fraction of sp³-hybridized carbons (Fsp3) is 0.227. The number of halogens is 3. The lowest BCUT2D eigenvalue weighted by atomic mass is 9.78. The molecule has 0 amide bonds. The molecule has 162 valence electrons. The van der Waals surface area contributed by atoms with Crippen LogP contribution in [0, 0.1) is 5.82 Å². The van der Waals surface area contributed by atoms with Crippen molar-refractivity contribution in [3.63, 3.8) is 0 Å². The average molecular weight is 508 g/mol. The van der Waals surface area contributed by atoms with Gasteiger partial charge in [0.05, 0.1) is 12.8 Å². The molecule has 9 heteroatoms. The van der Waals surface area contributed by atoms with Crippen LogP contribution in [-0.2, 0) is 15.1 Å². The monoisotopic (exact) mass is 507 g/mol. The van der Waals surface area contributed by atoms with Gasteiger partial charge in [0.1, 0.15) is 21.9 Å². The average Bonchev–Trinajstić information content (AvgIpc) is 2.73. The summed E-state index contributed by atoms with van der Waals surface area (Å²) in [6, 6.07) is 7.30. The molecule has 0 radical (unpaired) electrons. The first-order valence-electron chi connectivity index (χ1n) is 9.13. The molecule has 31 heavy (non-hydrogen) atoms. The lowest BCUT2D eigenvalue weighted by Gasteiger charge is -2.41. The number of rotatable bonds is 4. The zero-order valence-corrected chi connectivity index (χ0v) is 19.5. The Balaban J connectivity index is 2.09. The molecule has 0 saturated carbocycles. The summed E-state index contributed by atoms with van der Waals surface area (Å²) in [6.07, 6.45) is 2.73. The van der Waals surface area contributed by atoms with Crippen LogP contribution in [-0.4, -0.2) is 28.0 Å². The maximum absolute atomic E-state index is 14.9. The van der Waals surface area contributed by atoms with Crippen LogP contribution in [0.1, 0.15) is 30.7 Å². The highest BCUT2D eigenvalue weighted by Crippen LogP contribution is 2.50. The molecule has 2 heterocycles. The molecule has 0 spiro atoms. The van der Waals surface area contributed by atoms with Gasteiger partial charge in [-0.25, -0.2) is 13.8 Å². The first-order chi connectivity index (χ1) is 14.5. The summed E-state index contributed by atoms with van der Waals surface area (Å²) in [7, 11) is 1.26. The van der Waals surface area contributed by atoms with Gasteiger partial charge >= 0.3 is 5.97 Å². The highest BCUT2D eigenvalue weighted by atomic mass is 79.9. The van der Waals surface area contributed by atoms with E-state index in [1.54, 1.807) is 19.9 Å². The minimum absolute atomic E-state index is 0.0911. The summed E-state index contributed by atoms with van der Waals surface area (Å²) >= 11 is 4.24. The zero-order valence-electron chi connectivity index (χ0n) is 17.1. The highest BCUT2D eigenvalue weighted by Gasteiger charge is 2.51. The number of thioether (sulfide) groups is 1. The van der Waals surface area contributed by atoms with Crippen molar-refractivity contribution in [3.05, 3.63) is 75.8 Å². The van der Waals surface area contributed by atoms with Crippen LogP contribution in [0.15, 0.2) is 58.1 Å². The van der Waals surface area contributed by atoms with E-state index >= 15 is 0 Å². The van der Waals surface area contributed by atoms with E-state index in [0.29, 0.717) is 11.1 Å². The Hall–Kier alpha value is -2.52. The maximum atomic E-state index is 14.9. The van der Waals surface area contributed by atoms with Crippen LogP contribution in [0.3, 0.4) is 0 Å². The number of amidine groups is 1. The smallest absolute Gasteiger partial charge is 0.326 e. The number of ether oxygens (including phenoxy) is 1. The van der Waals surface area contributed by atoms with Gasteiger partial charge in [-0.3, -0.25) is 9.78 Å². The number of carbonyl (C=O) groups is 1. The van der Waals surface area contributed by atoms with Crippen LogP contribution >= 0.6 is 27.7 Å². The molecule has 0 aliphatic carbocycles. The van der Waals surface area contributed by atoms with Crippen LogP contribution in [0.4, 0.5) is 8.78 Å². The van der Waals surface area contributed by atoms with Gasteiger partial charge in [-0.05, 0) is 71.3 Å². The first-order valence-corrected chi connectivity index (χ1v) is 10.7. The van der Waals surface area contributed by atoms with Crippen molar-refractivity contribution < 1.29 is 18.3 Å². The number of hydrogen-bond acceptors (Lipinski definition) is 6. The van der Waals surface area contributed by atoms with E-state index in [-0.39, 0.29) is 16.4 Å². The van der Waals surface area contributed by atoms with E-state index < -0.39 is 27.9 Å². The molecule has 1 aliphatic heterocycles. The number of methoxy groups -OCH3 is 1. The lowest BCUT2D eigenvalue weighted by molar-refractivity contribution is -0.142. The Kier molecular flexibility index (Phi) is 6.38. The van der Waals surface area contributed by atoms with Crippen LogP contribution in [0.2, 0.25) is 0 Å². The molecule has 2 aromatic rings. The molecule has 0 fully saturated rings. The summed E-state index contributed by atoms with van der Waals surface area (Å²) in [6.45, 7) is 7.25. The lowest BCUT2D eigenvalue weighted by Crippen LogP contribution is -2.48. The van der Waals surface area contributed by atoms with Crippen molar-refractivity contribution in [2.75, 3.05) is 7.11 Å². The minimum Gasteiger partial charge on any atom is -0.468 e. The molecule has 0 unspecified atom stereocenters. The van der Waals surface area contributed by atoms with Crippen LogP contribution in [0.25, 0.3) is 11.9 Å². The van der Waals surface area contributed by atoms with E-state index in [1.807, 2.05) is 0 Å². The summed E-state index contributed by atoms with van der Waals surface area (Å²) in [5.74, 6) is -1.75. The summed E-state index contributed by atoms with van der Waals surface area (Å²) in [4.78, 5) is 20.9. The van der Waals surface area contributed by atoms with Crippen molar-refractivity contribution >= 4 is 50.7 Å². The van der Waals surface area contributed by atoms with Crippen molar-refractivity contribution in [2.45, 2.75) is 24.1 Å². The van der Waals surface area contributed by atoms with Crippen molar-refractivity contribution in [1.29, 1.82) is 0 Å². The first kappa shape index (κ1) is 23.1. The van der Waals surface area contributed by atoms with Crippen LogP contribution in [0.5, 0.6) is 0 Å². The van der Waals surface area contributed by atoms with Gasteiger partial charge < -0.3 is 10.5 Å². The number of aromatic nitrogens is 1. The van der Waals surface area contributed by atoms with E-state index in [4.69, 9.17) is 10.5 Å². The third-order valence-electron chi connectivity index (χ3n) is 5.16. The van der Waals surface area contributed by atoms with Crippen molar-refractivity contribution in [1.82, 2.24) is 4.98 Å². The Labute approximate surface area is 191 Å². The molecule has 2 atom stereocenters. The fourth-order valence-corrected chi connectivity index (χ4v) is 4.74. The Bertz CT molecular complexity index is 1120. The third-order valence-corrected chi connectivity index (χ3v) is 6.75. The number of carbonyl (C=O) groups excluding carboxylic acids is 1. The van der Waals surface area contributed by atoms with Gasteiger partial charge in [-0.15, -0.1) is 0 Å². The number of hydrogen-bond donors (Lipinski definition) is 1. The van der Waals surface area contributed by atoms with Crippen molar-refractivity contribution in [2.24, 2.45) is 10.7 Å². The van der Waals surface area contributed by atoms with Gasteiger partial charge in [0, 0.05) is 16.2 Å². The maximum Gasteiger partial charge on any atom is 0.326 e. The van der Waals surface area contributed by atoms with Crippen molar-refractivity contribution in [3.8, 4) is 0 Å². The Morgan fingerprint density at radius 1 is 1.32 bits per heavy atom. The fourth-order valence-electron chi connectivity index (χ4n) is 3.37. The Morgan fingerprint density at radius 3 is 2.65 bits per heavy atom. The third kappa shape index (κ3) is 4.29. The molecule has 1 aromatic heterocycles. The molecule has 1 aliphatic rings. The quantitative estimate of drug-likeness (QED) is 0.453. The summed E-state index contributed by atoms with van der Waals surface area (Å²) < 4.78 is 34.0. The molecule has 3 rings (SSSR count). The number of aliphatic imine (C=N–C) groups is 1. The van der Waals surface area contributed by atoms with Gasteiger partial charge in [-0.2, -0.15) is 0 Å². The largest absolute Gasteiger partial charge is 0.468 e. The van der Waals surface area contributed by atoms with Crippen LogP contribution < -0.4 is 5.73 Å². The Morgan fingerprint density at radius 2 is 2.03 bits per heavy atom. The zero-order chi connectivity index (χ0) is 23.0. The topological polar surface area (TPSA) is 77.6 Å². The van der Waals surface area contributed by atoms with Gasteiger partial charge in [0.15, 0.2) is 5.17 Å². The summed E-state index contributed by atoms with van der Waals surface area (Å²) in [5.41, 5.74) is 5.58. The normalized spacial score (nSPS) is 24.0. The molecule has 0 bridgehead atoms. The number of pyridine rings is 1. The molecular weight excluding hydrogens is 488 g/mol. The predicted molar refractivity (Wildman–Crippen MR) is 123 cm³/mol. The molecule has 5 nitrogen and oxygen atoms in total. The highest BCUT2D eigenvalue weighted by molar-refractivity contribution is 9.10. The number of nitrogens with two attached hydrogens (primary N) is 1. The van der Waals surface area contributed by atoms with Gasteiger partial charge in [0.2, 0.25) is 0 Å². The van der Waals surface area contributed by atoms with E-state index in [9.17, 15) is 13.6 Å². The second-order valence-corrected chi connectivity index (χ2v) is 9.58. The predicted octanol–water partition coefficient (Wildman–Crippen LogP) is 5.22. The number of esters is 1. The van der Waals surface area contributed by atoms with E-state index in [0.717, 1.165) is 16.2 Å². The van der Waals surface area contributed by atoms with E-state index in [2.05, 4.69) is 32.5 Å². The minimum atomic E-state index is -1.36. The molecule has 2 N–H and O–H groups in total. The van der Waals surface area contributed by atoms with Gasteiger partial charge in [-0.1, -0.05) is 24.4 Å². The molecule has 1 aromatic carbocycles. The standard InChI is InChI=1S/C22H20BrF2N3O2S/c1-12-21(2,28-20(26)31-22(12,3)19(29)30-4)15-9-13(5-7-16(15)24)10-17(25)18-8-6-14(23)11-27-18/h5-11H,1H2,2-4H3,(H2,26,28)/b17-10-/t21-,22-/m0/s1. The molecular formula is C22H20BrF2N3O2S. The van der Waals surface area contributed by atoms with E-state index in [1.165, 1.54) is 43.6 Å². The number of nitrogens with zero attached hydrogens (tertiary/aromatic N) is 2.